The summed E-state index contributed by atoms with van der Waals surface area (Å²) in [6.07, 6.45) is 0.934. The van der Waals surface area contributed by atoms with Crippen molar-refractivity contribution in [2.45, 2.75) is 31.6 Å². The predicted molar refractivity (Wildman–Crippen MR) is 63.8 cm³/mol. The molecule has 0 saturated heterocycles. The third-order valence-electron chi connectivity index (χ3n) is 3.25. The molecular weight excluding hydrogens is 218 g/mol. The number of amides is 1. The van der Waals surface area contributed by atoms with Crippen LogP contribution in [0, 0.1) is 0 Å². The van der Waals surface area contributed by atoms with Gasteiger partial charge in [0.2, 0.25) is 0 Å². The molecule has 17 heavy (non-hydrogen) atoms. The first kappa shape index (κ1) is 11.9. The molecule has 1 aromatic rings. The molecule has 0 aliphatic heterocycles. The van der Waals surface area contributed by atoms with E-state index in [2.05, 4.69) is 0 Å². The number of rotatable bonds is 4. The lowest BCUT2D eigenvalue weighted by atomic mass is 9.88. The Morgan fingerprint density at radius 2 is 2.06 bits per heavy atom. The Morgan fingerprint density at radius 1 is 1.41 bits per heavy atom. The van der Waals surface area contributed by atoms with E-state index in [1.807, 2.05) is 30.3 Å². The largest absolute Gasteiger partial charge is 0.465 e. The summed E-state index contributed by atoms with van der Waals surface area (Å²) in [6, 6.07) is 10.1. The zero-order chi connectivity index (χ0) is 12.3. The van der Waals surface area contributed by atoms with Gasteiger partial charge in [0.15, 0.2) is 0 Å². The quantitative estimate of drug-likeness (QED) is 0.871. The van der Waals surface area contributed by atoms with Crippen molar-refractivity contribution in [2.24, 2.45) is 0 Å². The summed E-state index contributed by atoms with van der Waals surface area (Å²) >= 11 is 0. The fourth-order valence-corrected chi connectivity index (χ4v) is 1.93. The lowest BCUT2D eigenvalue weighted by Crippen LogP contribution is -2.48. The van der Waals surface area contributed by atoms with Gasteiger partial charge in [-0.15, -0.1) is 0 Å². The normalized spacial score (nSPS) is 22.9. The Balaban J connectivity index is 1.70. The monoisotopic (exact) mass is 235 g/mol. The van der Waals surface area contributed by atoms with Crippen molar-refractivity contribution in [3.63, 3.8) is 0 Å². The highest BCUT2D eigenvalue weighted by molar-refractivity contribution is 5.65. The zero-order valence-corrected chi connectivity index (χ0v) is 9.87. The van der Waals surface area contributed by atoms with Crippen LogP contribution in [0.3, 0.4) is 0 Å². The van der Waals surface area contributed by atoms with Gasteiger partial charge in [-0.3, -0.25) is 0 Å². The van der Waals surface area contributed by atoms with Gasteiger partial charge in [-0.1, -0.05) is 30.3 Å². The molecule has 0 aromatic heterocycles. The maximum Gasteiger partial charge on any atom is 0.407 e. The van der Waals surface area contributed by atoms with E-state index in [0.29, 0.717) is 6.61 Å². The predicted octanol–water partition coefficient (Wildman–Crippen LogP) is 2.34. The van der Waals surface area contributed by atoms with Crippen LogP contribution >= 0.6 is 0 Å². The second kappa shape index (κ2) is 5.19. The second-order valence-corrected chi connectivity index (χ2v) is 4.44. The highest BCUT2D eigenvalue weighted by atomic mass is 16.5. The molecule has 0 atom stereocenters. The minimum absolute atomic E-state index is 0.119. The van der Waals surface area contributed by atoms with Crippen LogP contribution in [0.15, 0.2) is 30.3 Å². The van der Waals surface area contributed by atoms with E-state index in [4.69, 9.17) is 9.84 Å². The van der Waals surface area contributed by atoms with Crippen molar-refractivity contribution in [1.29, 1.82) is 0 Å². The third-order valence-corrected chi connectivity index (χ3v) is 3.25. The fraction of sp³-hybridized carbons (Fsp3) is 0.462. The molecule has 4 heteroatoms. The van der Waals surface area contributed by atoms with Gasteiger partial charge in [0, 0.05) is 13.1 Å². The zero-order valence-electron chi connectivity index (χ0n) is 9.87. The summed E-state index contributed by atoms with van der Waals surface area (Å²) in [5.41, 5.74) is 1.16. The summed E-state index contributed by atoms with van der Waals surface area (Å²) in [5.74, 6) is 0. The van der Waals surface area contributed by atoms with Crippen LogP contribution in [0.2, 0.25) is 0 Å². The molecule has 1 aromatic carbocycles. The number of benzene rings is 1. The molecule has 0 spiro atoms. The molecule has 1 aliphatic rings. The van der Waals surface area contributed by atoms with Gasteiger partial charge < -0.3 is 14.7 Å². The molecule has 2 rings (SSSR count). The van der Waals surface area contributed by atoms with E-state index >= 15 is 0 Å². The molecule has 1 aliphatic carbocycles. The van der Waals surface area contributed by atoms with Gasteiger partial charge in [0.1, 0.15) is 0 Å². The Hall–Kier alpha value is -1.55. The second-order valence-electron chi connectivity index (χ2n) is 4.44. The average Bonchev–Trinajstić information content (AvgIpc) is 2.28. The molecule has 4 nitrogen and oxygen atoms in total. The molecule has 0 unspecified atom stereocenters. The van der Waals surface area contributed by atoms with Crippen LogP contribution in [0.4, 0.5) is 4.79 Å². The van der Waals surface area contributed by atoms with Gasteiger partial charge in [0.05, 0.1) is 12.7 Å². The van der Waals surface area contributed by atoms with Gasteiger partial charge in [0.25, 0.3) is 0 Å². The van der Waals surface area contributed by atoms with E-state index < -0.39 is 6.09 Å². The van der Waals surface area contributed by atoms with Crippen molar-refractivity contribution < 1.29 is 14.6 Å². The number of hydrogen-bond donors (Lipinski definition) is 1. The van der Waals surface area contributed by atoms with Crippen molar-refractivity contribution in [3.05, 3.63) is 35.9 Å². The number of ether oxygens (including phenoxy) is 1. The van der Waals surface area contributed by atoms with Crippen LogP contribution in [-0.4, -0.2) is 35.3 Å². The third kappa shape index (κ3) is 2.97. The number of hydrogen-bond acceptors (Lipinski definition) is 2. The van der Waals surface area contributed by atoms with Crippen LogP contribution < -0.4 is 0 Å². The number of nitrogens with zero attached hydrogens (tertiary/aromatic N) is 1. The molecule has 0 radical (unpaired) electrons. The summed E-state index contributed by atoms with van der Waals surface area (Å²) in [7, 11) is 1.61. The maximum absolute atomic E-state index is 10.7. The first-order valence-electron chi connectivity index (χ1n) is 5.78. The van der Waals surface area contributed by atoms with Crippen LogP contribution in [0.25, 0.3) is 0 Å². The van der Waals surface area contributed by atoms with Gasteiger partial charge in [-0.2, -0.15) is 0 Å². The van der Waals surface area contributed by atoms with E-state index in [9.17, 15) is 4.79 Å². The molecule has 0 heterocycles. The van der Waals surface area contributed by atoms with Crippen LogP contribution in [0.1, 0.15) is 18.4 Å². The minimum atomic E-state index is -0.864. The van der Waals surface area contributed by atoms with Gasteiger partial charge >= 0.3 is 6.09 Å². The summed E-state index contributed by atoms with van der Waals surface area (Å²) in [6.45, 7) is 0.606. The summed E-state index contributed by atoms with van der Waals surface area (Å²) in [5, 5.41) is 8.80. The number of carbonyl (C=O) groups is 1. The molecule has 92 valence electrons. The van der Waals surface area contributed by atoms with Gasteiger partial charge in [-0.25, -0.2) is 4.79 Å². The summed E-state index contributed by atoms with van der Waals surface area (Å²) in [4.78, 5) is 12.1. The topological polar surface area (TPSA) is 49.8 Å². The molecule has 1 N–H and O–H groups in total. The molecule has 0 bridgehead atoms. The first-order valence-corrected chi connectivity index (χ1v) is 5.78. The van der Waals surface area contributed by atoms with Crippen molar-refractivity contribution >= 4 is 6.09 Å². The highest BCUT2D eigenvalue weighted by Gasteiger charge is 2.34. The van der Waals surface area contributed by atoms with Crippen molar-refractivity contribution in [3.8, 4) is 0 Å². The SMILES string of the molecule is CN(C(=O)O)C1CC(OCc2ccccc2)C1. The summed E-state index contributed by atoms with van der Waals surface area (Å²) < 4.78 is 5.70. The lowest BCUT2D eigenvalue weighted by molar-refractivity contribution is -0.0487. The van der Waals surface area contributed by atoms with Crippen molar-refractivity contribution in [2.75, 3.05) is 7.05 Å². The fourth-order valence-electron chi connectivity index (χ4n) is 1.93. The Bertz CT molecular complexity index is 374. The standard InChI is InChI=1S/C13H17NO3/c1-14(13(15)16)11-7-12(8-11)17-9-10-5-3-2-4-6-10/h2-6,11-12H,7-9H2,1H3,(H,15,16). The maximum atomic E-state index is 10.7. The first-order chi connectivity index (χ1) is 8.16. The molecule has 1 saturated carbocycles. The highest BCUT2D eigenvalue weighted by Crippen LogP contribution is 2.28. The smallest absolute Gasteiger partial charge is 0.407 e. The van der Waals surface area contributed by atoms with E-state index in [0.717, 1.165) is 18.4 Å². The Morgan fingerprint density at radius 3 is 2.65 bits per heavy atom. The van der Waals surface area contributed by atoms with Crippen LogP contribution in [-0.2, 0) is 11.3 Å². The van der Waals surface area contributed by atoms with E-state index in [-0.39, 0.29) is 12.1 Å². The van der Waals surface area contributed by atoms with Gasteiger partial charge in [-0.05, 0) is 18.4 Å². The lowest BCUT2D eigenvalue weighted by Gasteiger charge is -2.39. The minimum Gasteiger partial charge on any atom is -0.465 e. The van der Waals surface area contributed by atoms with E-state index in [1.54, 1.807) is 7.05 Å². The molecule has 1 fully saturated rings. The molecule has 1 amide bonds. The van der Waals surface area contributed by atoms with Crippen LogP contribution in [0.5, 0.6) is 0 Å². The molecular formula is C13H17NO3. The average molecular weight is 235 g/mol. The number of carboxylic acid groups (broad SMARTS) is 1. The Labute approximate surface area is 101 Å². The van der Waals surface area contributed by atoms with Crippen molar-refractivity contribution in [1.82, 2.24) is 4.90 Å². The van der Waals surface area contributed by atoms with E-state index in [1.165, 1.54) is 4.90 Å². The Kier molecular flexibility index (Phi) is 3.64.